The lowest BCUT2D eigenvalue weighted by Crippen LogP contribution is -2.45. The number of benzene rings is 2. The van der Waals surface area contributed by atoms with Gasteiger partial charge < -0.3 is 21.3 Å². The first-order chi connectivity index (χ1) is 18.5. The Morgan fingerprint density at radius 1 is 1.05 bits per heavy atom. The van der Waals surface area contributed by atoms with E-state index in [1.165, 1.54) is 0 Å². The summed E-state index contributed by atoms with van der Waals surface area (Å²) < 4.78 is 0. The minimum atomic E-state index is -0.245. The standard InChI is InChI=1S/C28H37Cl2N7O2/c1-28(2,3)20-8-10-24(11-9-20)37(27(39)34-23-15-21(29)14-22(30)16-23)17-18-4-6-19(7-5-18)26(38)33-13-12-25(31)35-36-32/h4-7,14-16,20,24H,8-13,17H2,1-3H3,(H,33,38)(H,34,39)(H3,31,32,35). The summed E-state index contributed by atoms with van der Waals surface area (Å²) in [5.74, 6) is 0.548. The minimum Gasteiger partial charge on any atom is -0.386 e. The molecule has 0 aliphatic heterocycles. The highest BCUT2D eigenvalue weighted by Gasteiger charge is 2.33. The normalized spacial score (nSPS) is 17.8. The van der Waals surface area contributed by atoms with Gasteiger partial charge in [0.25, 0.3) is 5.91 Å². The van der Waals surface area contributed by atoms with Crippen LogP contribution in [0.3, 0.4) is 0 Å². The lowest BCUT2D eigenvalue weighted by Gasteiger charge is -2.41. The number of urea groups is 1. The quantitative estimate of drug-likeness (QED) is 0.111. The van der Waals surface area contributed by atoms with E-state index >= 15 is 0 Å². The Morgan fingerprint density at radius 2 is 1.67 bits per heavy atom. The van der Waals surface area contributed by atoms with Gasteiger partial charge in [-0.2, -0.15) is 5.53 Å². The summed E-state index contributed by atoms with van der Waals surface area (Å²) in [6.07, 6.45) is 4.26. The van der Waals surface area contributed by atoms with Crippen LogP contribution in [0, 0.1) is 16.9 Å². The molecule has 0 atom stereocenters. The lowest BCUT2D eigenvalue weighted by molar-refractivity contribution is 0.0954. The molecule has 5 N–H and O–H groups in total. The van der Waals surface area contributed by atoms with Crippen molar-refractivity contribution in [3.05, 3.63) is 63.6 Å². The number of nitrogens with one attached hydrogen (secondary N) is 3. The zero-order valence-electron chi connectivity index (χ0n) is 22.6. The van der Waals surface area contributed by atoms with E-state index in [-0.39, 0.29) is 35.8 Å². The second kappa shape index (κ2) is 13.8. The maximum absolute atomic E-state index is 13.5. The first-order valence-electron chi connectivity index (χ1n) is 13.1. The molecule has 210 valence electrons. The van der Waals surface area contributed by atoms with Gasteiger partial charge in [0.05, 0.1) is 0 Å². The van der Waals surface area contributed by atoms with Crippen LogP contribution in [-0.2, 0) is 6.54 Å². The lowest BCUT2D eigenvalue weighted by atomic mass is 9.71. The van der Waals surface area contributed by atoms with Crippen LogP contribution in [0.1, 0.15) is 68.8 Å². The number of carbonyl (C=O) groups excluding carboxylic acids is 2. The van der Waals surface area contributed by atoms with Crippen molar-refractivity contribution in [2.45, 2.75) is 65.5 Å². The molecule has 3 amide bonds. The van der Waals surface area contributed by atoms with Gasteiger partial charge in [0.2, 0.25) is 0 Å². The van der Waals surface area contributed by atoms with Gasteiger partial charge in [-0.1, -0.05) is 61.3 Å². The van der Waals surface area contributed by atoms with Crippen LogP contribution in [0.5, 0.6) is 0 Å². The van der Waals surface area contributed by atoms with Gasteiger partial charge >= 0.3 is 6.03 Å². The van der Waals surface area contributed by atoms with Crippen LogP contribution in [0.15, 0.2) is 52.8 Å². The van der Waals surface area contributed by atoms with Crippen molar-refractivity contribution in [2.75, 3.05) is 11.9 Å². The molecule has 1 fully saturated rings. The smallest absolute Gasteiger partial charge is 0.322 e. The second-order valence-electron chi connectivity index (χ2n) is 11.0. The van der Waals surface area contributed by atoms with Crippen molar-refractivity contribution >= 4 is 46.7 Å². The molecule has 0 saturated heterocycles. The van der Waals surface area contributed by atoms with Crippen LogP contribution in [0.25, 0.3) is 0 Å². The zero-order chi connectivity index (χ0) is 28.6. The largest absolute Gasteiger partial charge is 0.386 e. The fraction of sp³-hybridized carbons (Fsp3) is 0.464. The minimum absolute atomic E-state index is 0.0869. The molecule has 2 aromatic carbocycles. The molecule has 3 rings (SSSR count). The number of halogens is 2. The molecule has 1 aliphatic carbocycles. The molecular weight excluding hydrogens is 537 g/mol. The predicted molar refractivity (Wildman–Crippen MR) is 156 cm³/mol. The van der Waals surface area contributed by atoms with E-state index in [4.69, 9.17) is 34.5 Å². The predicted octanol–water partition coefficient (Wildman–Crippen LogP) is 7.06. The third kappa shape index (κ3) is 9.21. The number of hydrogen-bond acceptors (Lipinski definition) is 4. The molecule has 0 bridgehead atoms. The molecule has 9 nitrogen and oxygen atoms in total. The molecule has 11 heteroatoms. The Labute approximate surface area is 240 Å². The number of nitrogens with two attached hydrogens (primary N) is 1. The number of rotatable bonds is 9. The van der Waals surface area contributed by atoms with Gasteiger partial charge in [-0.25, -0.2) is 4.79 Å². The van der Waals surface area contributed by atoms with E-state index in [1.807, 2.05) is 17.0 Å². The Kier molecular flexibility index (Phi) is 10.7. The van der Waals surface area contributed by atoms with Crippen LogP contribution in [-0.4, -0.2) is 35.3 Å². The molecule has 0 heterocycles. The van der Waals surface area contributed by atoms with E-state index in [1.54, 1.807) is 30.3 Å². The first-order valence-corrected chi connectivity index (χ1v) is 13.8. The third-order valence-electron chi connectivity index (χ3n) is 7.15. The fourth-order valence-corrected chi connectivity index (χ4v) is 5.45. The number of amides is 3. The van der Waals surface area contributed by atoms with Gasteiger partial charge in [0.15, 0.2) is 0 Å². The summed E-state index contributed by atoms with van der Waals surface area (Å²) >= 11 is 12.3. The van der Waals surface area contributed by atoms with Crippen molar-refractivity contribution in [1.29, 1.82) is 5.53 Å². The first kappa shape index (κ1) is 30.4. The fourth-order valence-electron chi connectivity index (χ4n) is 4.92. The van der Waals surface area contributed by atoms with E-state index in [2.05, 4.69) is 41.7 Å². The van der Waals surface area contributed by atoms with E-state index in [0.717, 1.165) is 31.2 Å². The van der Waals surface area contributed by atoms with Crippen LogP contribution < -0.4 is 16.4 Å². The molecule has 39 heavy (non-hydrogen) atoms. The molecule has 0 aromatic heterocycles. The number of carbonyl (C=O) groups is 2. The molecule has 2 aromatic rings. The average molecular weight is 575 g/mol. The Bertz CT molecular complexity index is 1170. The number of nitrogens with zero attached hydrogens (tertiary/aromatic N) is 3. The average Bonchev–Trinajstić information content (AvgIpc) is 2.86. The Balaban J connectivity index is 1.71. The third-order valence-corrected chi connectivity index (χ3v) is 7.59. The van der Waals surface area contributed by atoms with Gasteiger partial charge in [0, 0.05) is 46.8 Å². The van der Waals surface area contributed by atoms with Crippen molar-refractivity contribution in [3.63, 3.8) is 0 Å². The van der Waals surface area contributed by atoms with E-state index in [9.17, 15) is 9.59 Å². The molecule has 0 spiro atoms. The summed E-state index contributed by atoms with van der Waals surface area (Å²) in [4.78, 5) is 27.9. The Hall–Kier alpha value is -3.17. The number of amidine groups is 1. The van der Waals surface area contributed by atoms with E-state index in [0.29, 0.717) is 40.2 Å². The number of anilines is 1. The maximum atomic E-state index is 13.5. The highest BCUT2D eigenvalue weighted by atomic mass is 35.5. The maximum Gasteiger partial charge on any atom is 0.322 e. The molecule has 0 unspecified atom stereocenters. The highest BCUT2D eigenvalue weighted by Crippen LogP contribution is 2.39. The summed E-state index contributed by atoms with van der Waals surface area (Å²) in [5.41, 5.74) is 14.5. The number of hydrogen-bond donors (Lipinski definition) is 4. The van der Waals surface area contributed by atoms with E-state index < -0.39 is 0 Å². The van der Waals surface area contributed by atoms with Crippen LogP contribution >= 0.6 is 23.2 Å². The topological polar surface area (TPSA) is 136 Å². The van der Waals surface area contributed by atoms with Gasteiger partial charge in [-0.15, -0.1) is 5.10 Å². The van der Waals surface area contributed by atoms with Crippen molar-refractivity contribution in [2.24, 2.45) is 27.4 Å². The molecule has 1 saturated carbocycles. The SMILES string of the molecule is CC(C)(C)C1CCC(N(Cc2ccc(C(=O)NCCC(N)=NN=N)cc2)C(=O)Nc2cc(Cl)cc(Cl)c2)CC1. The second-order valence-corrected chi connectivity index (χ2v) is 11.9. The van der Waals surface area contributed by atoms with Crippen LogP contribution in [0.2, 0.25) is 10.0 Å². The van der Waals surface area contributed by atoms with Crippen LogP contribution in [0.4, 0.5) is 10.5 Å². The molecular formula is C28H37Cl2N7O2. The molecule has 1 aliphatic rings. The summed E-state index contributed by atoms with van der Waals surface area (Å²) in [5, 5.41) is 12.9. The van der Waals surface area contributed by atoms with Crippen molar-refractivity contribution in [1.82, 2.24) is 10.2 Å². The van der Waals surface area contributed by atoms with Crippen molar-refractivity contribution < 1.29 is 9.59 Å². The Morgan fingerprint density at radius 3 is 2.23 bits per heavy atom. The van der Waals surface area contributed by atoms with Gasteiger partial charge in [-0.05, 0) is 72.9 Å². The van der Waals surface area contributed by atoms with Crippen molar-refractivity contribution in [3.8, 4) is 0 Å². The monoisotopic (exact) mass is 573 g/mol. The zero-order valence-corrected chi connectivity index (χ0v) is 24.1. The molecule has 0 radical (unpaired) electrons. The summed E-state index contributed by atoms with van der Waals surface area (Å²) in [7, 11) is 0. The highest BCUT2D eigenvalue weighted by molar-refractivity contribution is 6.35. The summed E-state index contributed by atoms with van der Waals surface area (Å²) in [6.45, 7) is 7.51. The van der Waals surface area contributed by atoms with Gasteiger partial charge in [-0.3, -0.25) is 4.79 Å². The summed E-state index contributed by atoms with van der Waals surface area (Å²) in [6, 6.07) is 12.1. The van der Waals surface area contributed by atoms with Gasteiger partial charge in [0.1, 0.15) is 5.84 Å².